The average molecular weight is 148 g/mol. The molecule has 2 nitrogen and oxygen atoms in total. The minimum Gasteiger partial charge on any atom is -0.373 e. The summed E-state index contributed by atoms with van der Waals surface area (Å²) in [6, 6.07) is 0. The van der Waals surface area contributed by atoms with E-state index >= 15 is 0 Å². The van der Waals surface area contributed by atoms with Crippen LogP contribution in [0.3, 0.4) is 0 Å². The molecule has 0 aliphatic rings. The average Bonchev–Trinajstić information content (AvgIpc) is 2.07. The van der Waals surface area contributed by atoms with E-state index in [9.17, 15) is 0 Å². The van der Waals surface area contributed by atoms with Gasteiger partial charge in [0.25, 0.3) is 0 Å². The topological polar surface area (TPSA) is 24.4 Å². The number of rotatable bonds is 3. The molecule has 58 valence electrons. The van der Waals surface area contributed by atoms with Crippen molar-refractivity contribution in [1.82, 2.24) is 5.32 Å². The number of allylic oxidation sites excluding steroid dienone is 3. The van der Waals surface area contributed by atoms with E-state index in [1.165, 1.54) is 0 Å². The Labute approximate surface area is 67.7 Å². The lowest BCUT2D eigenvalue weighted by molar-refractivity contribution is 0.969. The number of aliphatic imine (C=N–C) groups is 1. The van der Waals surface area contributed by atoms with Crippen molar-refractivity contribution in [2.45, 2.75) is 6.92 Å². The first kappa shape index (κ1) is 9.51. The molecule has 0 aromatic carbocycles. The first-order valence-electron chi connectivity index (χ1n) is 3.27. The fourth-order valence-corrected chi connectivity index (χ4v) is 0.552. The predicted octanol–water partition coefficient (Wildman–Crippen LogP) is 1.33. The Kier molecular flexibility index (Phi) is 4.59. The number of hydrogen-bond acceptors (Lipinski definition) is 2. The van der Waals surface area contributed by atoms with E-state index in [4.69, 9.17) is 6.42 Å². The molecule has 0 aromatic heterocycles. The van der Waals surface area contributed by atoms with Crippen LogP contribution in [0, 0.1) is 12.3 Å². The molecule has 0 saturated carbocycles. The van der Waals surface area contributed by atoms with Gasteiger partial charge in [0, 0.05) is 12.6 Å². The van der Waals surface area contributed by atoms with Crippen LogP contribution in [0.15, 0.2) is 28.5 Å². The van der Waals surface area contributed by atoms with Crippen LogP contribution < -0.4 is 5.32 Å². The summed E-state index contributed by atoms with van der Waals surface area (Å²) < 4.78 is 0. The van der Waals surface area contributed by atoms with Crippen molar-refractivity contribution >= 4 is 6.72 Å². The smallest absolute Gasteiger partial charge is 0.126 e. The molecule has 0 saturated heterocycles. The maximum atomic E-state index is 5.19. The van der Waals surface area contributed by atoms with Gasteiger partial charge in [0.2, 0.25) is 0 Å². The molecular weight excluding hydrogens is 136 g/mol. The van der Waals surface area contributed by atoms with E-state index in [2.05, 4.69) is 22.9 Å². The predicted molar refractivity (Wildman–Crippen MR) is 49.3 cm³/mol. The highest BCUT2D eigenvalue weighted by molar-refractivity contribution is 5.39. The summed E-state index contributed by atoms with van der Waals surface area (Å²) in [6.45, 7) is 5.25. The Bertz CT molecular complexity index is 228. The van der Waals surface area contributed by atoms with E-state index in [0.717, 1.165) is 5.57 Å². The van der Waals surface area contributed by atoms with E-state index in [0.29, 0.717) is 5.82 Å². The van der Waals surface area contributed by atoms with Gasteiger partial charge in [0.15, 0.2) is 0 Å². The zero-order valence-corrected chi connectivity index (χ0v) is 6.89. The van der Waals surface area contributed by atoms with Crippen LogP contribution in [0.5, 0.6) is 0 Å². The van der Waals surface area contributed by atoms with Crippen LogP contribution in [0.25, 0.3) is 0 Å². The monoisotopic (exact) mass is 148 g/mol. The first-order chi connectivity index (χ1) is 5.28. The van der Waals surface area contributed by atoms with Crippen molar-refractivity contribution in [2.24, 2.45) is 4.99 Å². The van der Waals surface area contributed by atoms with Gasteiger partial charge < -0.3 is 5.32 Å². The molecule has 1 N–H and O–H groups in total. The molecule has 0 rings (SSSR count). The van der Waals surface area contributed by atoms with Crippen molar-refractivity contribution < 1.29 is 0 Å². The molecule has 0 aromatic rings. The van der Waals surface area contributed by atoms with Crippen molar-refractivity contribution in [3.05, 3.63) is 23.5 Å². The Morgan fingerprint density at radius 1 is 1.73 bits per heavy atom. The lowest BCUT2D eigenvalue weighted by Crippen LogP contribution is -2.02. The largest absolute Gasteiger partial charge is 0.373 e. The summed E-state index contributed by atoms with van der Waals surface area (Å²) in [5.41, 5.74) is 0.793. The van der Waals surface area contributed by atoms with Gasteiger partial charge in [-0.3, -0.25) is 0 Å². The summed E-state index contributed by atoms with van der Waals surface area (Å²) in [6.07, 6.45) is 8.78. The van der Waals surface area contributed by atoms with Crippen LogP contribution in [0.4, 0.5) is 0 Å². The number of nitrogens with one attached hydrogen (secondary N) is 1. The highest BCUT2D eigenvalue weighted by Gasteiger charge is 1.88. The lowest BCUT2D eigenvalue weighted by atomic mass is 10.2. The van der Waals surface area contributed by atoms with Gasteiger partial charge in [-0.2, -0.15) is 0 Å². The zero-order chi connectivity index (χ0) is 8.69. The van der Waals surface area contributed by atoms with Crippen LogP contribution in [-0.2, 0) is 0 Å². The molecule has 0 spiro atoms. The highest BCUT2D eigenvalue weighted by atomic mass is 15.0. The Morgan fingerprint density at radius 3 is 2.64 bits per heavy atom. The molecule has 11 heavy (non-hydrogen) atoms. The third-order valence-electron chi connectivity index (χ3n) is 1.20. The number of terminal acetylenes is 1. The first-order valence-corrected chi connectivity index (χ1v) is 3.27. The van der Waals surface area contributed by atoms with Crippen molar-refractivity contribution in [3.8, 4) is 12.3 Å². The summed E-state index contributed by atoms with van der Waals surface area (Å²) in [5.74, 6) is 3.18. The van der Waals surface area contributed by atoms with Crippen LogP contribution >= 0.6 is 0 Å². The highest BCUT2D eigenvalue weighted by Crippen LogP contribution is 1.98. The molecule has 0 heterocycles. The van der Waals surface area contributed by atoms with Crippen LogP contribution in [-0.4, -0.2) is 13.8 Å². The Morgan fingerprint density at radius 2 is 2.36 bits per heavy atom. The van der Waals surface area contributed by atoms with Gasteiger partial charge in [-0.25, -0.2) is 4.99 Å². The standard InChI is InChI=1S/C9H12N2/c1-5-8(6-2)7-9(10-3)11-4/h1,6-7,11H,3H2,2,4H3/b8-6-,9-7+. The molecule has 2 heteroatoms. The van der Waals surface area contributed by atoms with Crippen LogP contribution in [0.2, 0.25) is 0 Å². The van der Waals surface area contributed by atoms with Gasteiger partial charge in [-0.05, 0) is 19.7 Å². The van der Waals surface area contributed by atoms with E-state index in [1.54, 1.807) is 13.1 Å². The van der Waals surface area contributed by atoms with E-state index in [1.807, 2.05) is 13.0 Å². The summed E-state index contributed by atoms with van der Waals surface area (Å²) in [4.78, 5) is 3.71. The van der Waals surface area contributed by atoms with Crippen LogP contribution in [0.1, 0.15) is 6.92 Å². The third-order valence-corrected chi connectivity index (χ3v) is 1.20. The van der Waals surface area contributed by atoms with Gasteiger partial charge in [-0.15, -0.1) is 6.42 Å². The normalized spacial score (nSPS) is 12.1. The number of hydrogen-bond donors (Lipinski definition) is 1. The molecule has 0 atom stereocenters. The maximum Gasteiger partial charge on any atom is 0.126 e. The molecule has 0 aliphatic heterocycles. The molecule has 0 radical (unpaired) electrons. The van der Waals surface area contributed by atoms with Gasteiger partial charge in [-0.1, -0.05) is 12.0 Å². The molecular formula is C9H12N2. The maximum absolute atomic E-state index is 5.19. The second-order valence-corrected chi connectivity index (χ2v) is 1.83. The van der Waals surface area contributed by atoms with Crippen molar-refractivity contribution in [3.63, 3.8) is 0 Å². The number of nitrogens with zero attached hydrogens (tertiary/aromatic N) is 1. The molecule has 0 unspecified atom stereocenters. The Balaban J connectivity index is 4.52. The third kappa shape index (κ3) is 3.27. The SMILES string of the molecule is C#CC(/C=C(\N=C)NC)=C/C. The Hall–Kier alpha value is -1.49. The van der Waals surface area contributed by atoms with Gasteiger partial charge in [0.05, 0.1) is 0 Å². The summed E-state index contributed by atoms with van der Waals surface area (Å²) in [7, 11) is 1.77. The van der Waals surface area contributed by atoms with E-state index < -0.39 is 0 Å². The zero-order valence-electron chi connectivity index (χ0n) is 6.89. The second-order valence-electron chi connectivity index (χ2n) is 1.83. The van der Waals surface area contributed by atoms with E-state index in [-0.39, 0.29) is 0 Å². The fourth-order valence-electron chi connectivity index (χ4n) is 0.552. The fraction of sp³-hybridized carbons (Fsp3) is 0.222. The quantitative estimate of drug-likeness (QED) is 0.364. The van der Waals surface area contributed by atoms with Crippen molar-refractivity contribution in [1.29, 1.82) is 0 Å². The van der Waals surface area contributed by atoms with Gasteiger partial charge >= 0.3 is 0 Å². The molecule has 0 bridgehead atoms. The molecule has 0 aliphatic carbocycles. The minimum absolute atomic E-state index is 0.677. The minimum atomic E-state index is 0.677. The molecule has 0 amide bonds. The summed E-state index contributed by atoms with van der Waals surface area (Å²) in [5, 5.41) is 2.85. The summed E-state index contributed by atoms with van der Waals surface area (Å²) >= 11 is 0. The second kappa shape index (κ2) is 5.31. The van der Waals surface area contributed by atoms with Crippen molar-refractivity contribution in [2.75, 3.05) is 7.05 Å². The lowest BCUT2D eigenvalue weighted by Gasteiger charge is -1.97. The molecule has 0 fully saturated rings. The van der Waals surface area contributed by atoms with Gasteiger partial charge in [0.1, 0.15) is 5.82 Å².